The minimum Gasteiger partial charge on any atom is -0.396 e. The van der Waals surface area contributed by atoms with Crippen LogP contribution in [0.25, 0.3) is 0 Å². The summed E-state index contributed by atoms with van der Waals surface area (Å²) in [7, 11) is 0. The molecule has 0 radical (unpaired) electrons. The van der Waals surface area contributed by atoms with E-state index in [9.17, 15) is 0 Å². The normalized spacial score (nSPS) is 13.2. The molecule has 0 spiro atoms. The number of rotatable bonds is 9. The van der Waals surface area contributed by atoms with E-state index in [0.717, 1.165) is 39.1 Å². The van der Waals surface area contributed by atoms with Crippen LogP contribution in [0, 0.1) is 5.92 Å². The lowest BCUT2D eigenvalue weighted by Gasteiger charge is -2.13. The van der Waals surface area contributed by atoms with Gasteiger partial charge in [-0.1, -0.05) is 13.3 Å². The minimum absolute atomic E-state index is 0.297. The molecule has 0 saturated heterocycles. The van der Waals surface area contributed by atoms with Gasteiger partial charge in [0.2, 0.25) is 0 Å². The van der Waals surface area contributed by atoms with Crippen LogP contribution in [0.4, 0.5) is 0 Å². The van der Waals surface area contributed by atoms with Gasteiger partial charge < -0.3 is 15.2 Å². The third kappa shape index (κ3) is 8.22. The molecule has 0 aromatic rings. The average molecular weight is 189 g/mol. The first-order valence-corrected chi connectivity index (χ1v) is 5.24. The predicted molar refractivity (Wildman–Crippen MR) is 54.8 cm³/mol. The van der Waals surface area contributed by atoms with Crippen LogP contribution in [-0.2, 0) is 4.74 Å². The second kappa shape index (κ2) is 9.96. The van der Waals surface area contributed by atoms with E-state index in [1.165, 1.54) is 0 Å². The van der Waals surface area contributed by atoms with Crippen molar-refractivity contribution in [2.45, 2.75) is 26.7 Å². The molecule has 0 rings (SSSR count). The Morgan fingerprint density at radius 1 is 1.38 bits per heavy atom. The van der Waals surface area contributed by atoms with Gasteiger partial charge in [0.25, 0.3) is 0 Å². The smallest absolute Gasteiger partial charge is 0.0590 e. The third-order valence-corrected chi connectivity index (χ3v) is 2.18. The highest BCUT2D eigenvalue weighted by Crippen LogP contribution is 2.04. The van der Waals surface area contributed by atoms with E-state index in [2.05, 4.69) is 12.2 Å². The summed E-state index contributed by atoms with van der Waals surface area (Å²) in [6.45, 7) is 7.93. The maximum absolute atomic E-state index is 8.76. The van der Waals surface area contributed by atoms with Crippen molar-refractivity contribution < 1.29 is 9.84 Å². The topological polar surface area (TPSA) is 41.5 Å². The number of aliphatic hydroxyl groups is 1. The molecule has 0 aromatic heterocycles. The van der Waals surface area contributed by atoms with Gasteiger partial charge in [-0.3, -0.25) is 0 Å². The molecule has 0 amide bonds. The highest BCUT2D eigenvalue weighted by atomic mass is 16.5. The monoisotopic (exact) mass is 189 g/mol. The lowest BCUT2D eigenvalue weighted by atomic mass is 10.0. The van der Waals surface area contributed by atoms with Crippen molar-refractivity contribution >= 4 is 0 Å². The van der Waals surface area contributed by atoms with Gasteiger partial charge in [-0.25, -0.2) is 0 Å². The summed E-state index contributed by atoms with van der Waals surface area (Å²) in [5.41, 5.74) is 0. The van der Waals surface area contributed by atoms with Crippen molar-refractivity contribution in [2.24, 2.45) is 5.92 Å². The van der Waals surface area contributed by atoms with Crippen LogP contribution in [0.1, 0.15) is 26.7 Å². The molecule has 2 N–H and O–H groups in total. The number of hydrogen-bond acceptors (Lipinski definition) is 3. The Kier molecular flexibility index (Phi) is 9.87. The van der Waals surface area contributed by atoms with Crippen LogP contribution in [0.3, 0.4) is 0 Å². The Morgan fingerprint density at radius 3 is 2.69 bits per heavy atom. The number of aliphatic hydroxyl groups excluding tert-OH is 1. The van der Waals surface area contributed by atoms with Gasteiger partial charge in [0.15, 0.2) is 0 Å². The van der Waals surface area contributed by atoms with Crippen molar-refractivity contribution in [1.29, 1.82) is 0 Å². The Balaban J connectivity index is 3.17. The molecule has 3 nitrogen and oxygen atoms in total. The van der Waals surface area contributed by atoms with E-state index in [-0.39, 0.29) is 0 Å². The highest BCUT2D eigenvalue weighted by Gasteiger charge is 2.03. The molecule has 0 aliphatic rings. The molecule has 0 saturated carbocycles. The van der Waals surface area contributed by atoms with E-state index in [0.29, 0.717) is 12.5 Å². The quantitative estimate of drug-likeness (QED) is 0.532. The summed E-state index contributed by atoms with van der Waals surface area (Å²) in [6.07, 6.45) is 2.03. The molecule has 1 atom stereocenters. The Labute approximate surface area is 81.5 Å². The van der Waals surface area contributed by atoms with Crippen molar-refractivity contribution in [3.63, 3.8) is 0 Å². The van der Waals surface area contributed by atoms with Gasteiger partial charge in [-0.2, -0.15) is 0 Å². The SMILES string of the molecule is CCOCCNCC(CC)CCO. The lowest BCUT2D eigenvalue weighted by Crippen LogP contribution is -2.26. The van der Waals surface area contributed by atoms with Crippen LogP contribution < -0.4 is 5.32 Å². The van der Waals surface area contributed by atoms with Gasteiger partial charge in [0.1, 0.15) is 0 Å². The predicted octanol–water partition coefficient (Wildman–Crippen LogP) is 1.02. The summed E-state index contributed by atoms with van der Waals surface area (Å²) < 4.78 is 5.20. The van der Waals surface area contributed by atoms with Crippen LogP contribution >= 0.6 is 0 Å². The first-order valence-electron chi connectivity index (χ1n) is 5.24. The largest absolute Gasteiger partial charge is 0.396 e. The molecule has 3 heteroatoms. The number of ether oxygens (including phenoxy) is 1. The summed E-state index contributed by atoms with van der Waals surface area (Å²) >= 11 is 0. The van der Waals surface area contributed by atoms with E-state index in [4.69, 9.17) is 9.84 Å². The van der Waals surface area contributed by atoms with E-state index >= 15 is 0 Å². The maximum atomic E-state index is 8.76. The summed E-state index contributed by atoms with van der Waals surface area (Å²) in [6, 6.07) is 0. The van der Waals surface area contributed by atoms with Crippen molar-refractivity contribution in [1.82, 2.24) is 5.32 Å². The maximum Gasteiger partial charge on any atom is 0.0590 e. The van der Waals surface area contributed by atoms with E-state index < -0.39 is 0 Å². The Hall–Kier alpha value is -0.120. The molecular weight excluding hydrogens is 166 g/mol. The van der Waals surface area contributed by atoms with Gasteiger partial charge >= 0.3 is 0 Å². The second-order valence-electron chi connectivity index (χ2n) is 3.19. The van der Waals surface area contributed by atoms with Gasteiger partial charge in [0.05, 0.1) is 6.61 Å². The minimum atomic E-state index is 0.297. The molecule has 80 valence electrons. The molecule has 0 aliphatic heterocycles. The van der Waals surface area contributed by atoms with Crippen LogP contribution in [0.15, 0.2) is 0 Å². The molecular formula is C10H23NO2. The number of hydrogen-bond donors (Lipinski definition) is 2. The van der Waals surface area contributed by atoms with Gasteiger partial charge in [0, 0.05) is 19.8 Å². The fourth-order valence-electron chi connectivity index (χ4n) is 1.23. The van der Waals surface area contributed by atoms with Crippen LogP contribution in [0.5, 0.6) is 0 Å². The molecule has 1 unspecified atom stereocenters. The van der Waals surface area contributed by atoms with Crippen LogP contribution in [0.2, 0.25) is 0 Å². The zero-order valence-electron chi connectivity index (χ0n) is 8.88. The average Bonchev–Trinajstić information content (AvgIpc) is 2.16. The van der Waals surface area contributed by atoms with E-state index in [1.54, 1.807) is 0 Å². The fourth-order valence-corrected chi connectivity index (χ4v) is 1.23. The molecule has 0 bridgehead atoms. The first kappa shape index (κ1) is 12.9. The third-order valence-electron chi connectivity index (χ3n) is 2.18. The van der Waals surface area contributed by atoms with Crippen molar-refractivity contribution in [2.75, 3.05) is 32.9 Å². The zero-order chi connectivity index (χ0) is 9.94. The summed E-state index contributed by atoms with van der Waals surface area (Å²) in [4.78, 5) is 0. The zero-order valence-corrected chi connectivity index (χ0v) is 8.88. The number of nitrogens with one attached hydrogen (secondary N) is 1. The molecule has 0 heterocycles. The standard InChI is InChI=1S/C10H23NO2/c1-3-10(5-7-12)9-11-6-8-13-4-2/h10-12H,3-9H2,1-2H3. The molecule has 0 fully saturated rings. The first-order chi connectivity index (χ1) is 6.35. The van der Waals surface area contributed by atoms with E-state index in [1.807, 2.05) is 6.92 Å². The molecule has 13 heavy (non-hydrogen) atoms. The van der Waals surface area contributed by atoms with Crippen molar-refractivity contribution in [3.05, 3.63) is 0 Å². The lowest BCUT2D eigenvalue weighted by molar-refractivity contribution is 0.147. The summed E-state index contributed by atoms with van der Waals surface area (Å²) in [5.74, 6) is 0.603. The van der Waals surface area contributed by atoms with Gasteiger partial charge in [-0.05, 0) is 25.8 Å². The highest BCUT2D eigenvalue weighted by molar-refractivity contribution is 4.59. The van der Waals surface area contributed by atoms with Gasteiger partial charge in [-0.15, -0.1) is 0 Å². The second-order valence-corrected chi connectivity index (χ2v) is 3.19. The Bertz CT molecular complexity index is 98.9. The van der Waals surface area contributed by atoms with Crippen molar-refractivity contribution in [3.8, 4) is 0 Å². The summed E-state index contributed by atoms with van der Waals surface area (Å²) in [5, 5.41) is 12.1. The molecule has 0 aromatic carbocycles. The van der Waals surface area contributed by atoms with Crippen LogP contribution in [-0.4, -0.2) is 38.0 Å². The Morgan fingerprint density at radius 2 is 2.15 bits per heavy atom. The fraction of sp³-hybridized carbons (Fsp3) is 1.00. The molecule has 0 aliphatic carbocycles.